The Balaban J connectivity index is 0.00000320. The van der Waals surface area contributed by atoms with Gasteiger partial charge in [-0.2, -0.15) is 0 Å². The zero-order valence-corrected chi connectivity index (χ0v) is 20.7. The largest absolute Gasteiger partial charge is 0.468 e. The van der Waals surface area contributed by atoms with Crippen molar-refractivity contribution in [3.63, 3.8) is 0 Å². The van der Waals surface area contributed by atoms with Gasteiger partial charge in [0.15, 0.2) is 5.96 Å². The Hall–Kier alpha value is -1.62. The summed E-state index contributed by atoms with van der Waals surface area (Å²) >= 11 is 0. The molecule has 0 radical (unpaired) electrons. The van der Waals surface area contributed by atoms with E-state index in [1.807, 2.05) is 6.07 Å². The first-order valence-electron chi connectivity index (χ1n) is 10.9. The maximum Gasteiger partial charge on any atom is 0.191 e. The highest BCUT2D eigenvalue weighted by Crippen LogP contribution is 2.25. The van der Waals surface area contributed by atoms with E-state index >= 15 is 0 Å². The van der Waals surface area contributed by atoms with Crippen LogP contribution < -0.4 is 10.6 Å². The summed E-state index contributed by atoms with van der Waals surface area (Å²) in [5, 5.41) is 15.2. The van der Waals surface area contributed by atoms with E-state index in [1.54, 1.807) is 12.6 Å². The Morgan fingerprint density at radius 1 is 1.30 bits per heavy atom. The van der Waals surface area contributed by atoms with E-state index < -0.39 is 0 Å². The van der Waals surface area contributed by atoms with Gasteiger partial charge < -0.3 is 19.6 Å². The number of aryl methyl sites for hydroxylation is 1. The fourth-order valence-electron chi connectivity index (χ4n) is 3.62. The Labute approximate surface area is 196 Å². The van der Waals surface area contributed by atoms with Crippen LogP contribution in [0, 0.1) is 0 Å². The lowest BCUT2D eigenvalue weighted by atomic mass is 10.2. The predicted octanol–water partition coefficient (Wildman–Crippen LogP) is 3.22. The van der Waals surface area contributed by atoms with E-state index in [9.17, 15) is 0 Å². The topological polar surface area (TPSA) is 83.5 Å². The van der Waals surface area contributed by atoms with Crippen molar-refractivity contribution in [1.82, 2.24) is 30.3 Å². The summed E-state index contributed by atoms with van der Waals surface area (Å²) < 4.78 is 7.82. The number of hydrogen-bond donors (Lipinski definition) is 2. The van der Waals surface area contributed by atoms with Gasteiger partial charge in [-0.25, -0.2) is 0 Å². The van der Waals surface area contributed by atoms with Gasteiger partial charge in [0, 0.05) is 25.6 Å². The van der Waals surface area contributed by atoms with Gasteiger partial charge in [0.2, 0.25) is 0 Å². The smallest absolute Gasteiger partial charge is 0.191 e. The zero-order valence-electron chi connectivity index (χ0n) is 18.4. The molecule has 2 atom stereocenters. The van der Waals surface area contributed by atoms with Crippen LogP contribution in [0.1, 0.15) is 57.7 Å². The first-order chi connectivity index (χ1) is 14.2. The lowest BCUT2D eigenvalue weighted by Crippen LogP contribution is -2.43. The van der Waals surface area contributed by atoms with Crippen molar-refractivity contribution >= 4 is 29.9 Å². The lowest BCUT2D eigenvalue weighted by molar-refractivity contribution is 0.221. The molecule has 1 fully saturated rings. The molecule has 0 spiro atoms. The summed E-state index contributed by atoms with van der Waals surface area (Å²) in [6.07, 6.45) is 7.96. The van der Waals surface area contributed by atoms with Crippen molar-refractivity contribution in [3.8, 4) is 0 Å². The van der Waals surface area contributed by atoms with Gasteiger partial charge in [0.05, 0.1) is 18.8 Å². The molecule has 0 aliphatic carbocycles. The first kappa shape index (κ1) is 24.6. The number of rotatable bonds is 10. The molecule has 0 aromatic carbocycles. The Morgan fingerprint density at radius 2 is 2.10 bits per heavy atom. The molecule has 3 heterocycles. The van der Waals surface area contributed by atoms with Gasteiger partial charge in [-0.3, -0.25) is 9.89 Å². The minimum atomic E-state index is 0. The standard InChI is InChI=1S/C21H35N7O.HI/c1-4-17(3)25-21(22-10-13-28-16-24-26-20(28)5-2)23-15-18(19-9-8-14-29-19)27-11-6-7-12-27;/h8-9,14,16-18H,4-7,10-13,15H2,1-3H3,(H2,22,23,25);1H. The molecule has 1 aliphatic rings. The molecule has 2 aromatic rings. The molecule has 0 amide bonds. The van der Waals surface area contributed by atoms with Crippen molar-refractivity contribution in [2.75, 3.05) is 26.2 Å². The molecule has 1 aliphatic heterocycles. The SMILES string of the molecule is CCc1nncn1CCNC(=NCC(c1ccco1)N1CCCC1)NC(C)CC.I. The zero-order chi connectivity index (χ0) is 20.5. The molecule has 3 rings (SSSR count). The summed E-state index contributed by atoms with van der Waals surface area (Å²) in [7, 11) is 0. The van der Waals surface area contributed by atoms with Crippen LogP contribution in [0.2, 0.25) is 0 Å². The van der Waals surface area contributed by atoms with Gasteiger partial charge >= 0.3 is 0 Å². The quantitative estimate of drug-likeness (QED) is 0.280. The monoisotopic (exact) mass is 529 g/mol. The van der Waals surface area contributed by atoms with Gasteiger partial charge in [-0.15, -0.1) is 34.2 Å². The van der Waals surface area contributed by atoms with Crippen molar-refractivity contribution in [2.24, 2.45) is 4.99 Å². The van der Waals surface area contributed by atoms with Crippen LogP contribution in [0.15, 0.2) is 34.1 Å². The van der Waals surface area contributed by atoms with E-state index in [2.05, 4.69) is 57.1 Å². The van der Waals surface area contributed by atoms with Crippen LogP contribution in [-0.4, -0.2) is 57.8 Å². The van der Waals surface area contributed by atoms with Crippen LogP contribution in [0.25, 0.3) is 0 Å². The minimum Gasteiger partial charge on any atom is -0.468 e. The molecule has 2 aromatic heterocycles. The second-order valence-electron chi connectivity index (χ2n) is 7.64. The Bertz CT molecular complexity index is 740. The first-order valence-corrected chi connectivity index (χ1v) is 10.9. The summed E-state index contributed by atoms with van der Waals surface area (Å²) in [5.41, 5.74) is 0. The van der Waals surface area contributed by atoms with E-state index in [0.717, 1.165) is 56.6 Å². The van der Waals surface area contributed by atoms with E-state index in [1.165, 1.54) is 12.8 Å². The average Bonchev–Trinajstić information content (AvgIpc) is 3.50. The van der Waals surface area contributed by atoms with Crippen LogP contribution in [0.5, 0.6) is 0 Å². The van der Waals surface area contributed by atoms with Crippen LogP contribution in [-0.2, 0) is 13.0 Å². The molecular formula is C21H36IN7O. The molecule has 168 valence electrons. The Morgan fingerprint density at radius 3 is 2.77 bits per heavy atom. The predicted molar refractivity (Wildman–Crippen MR) is 130 cm³/mol. The number of likely N-dealkylation sites (tertiary alicyclic amines) is 1. The highest BCUT2D eigenvalue weighted by molar-refractivity contribution is 14.0. The highest BCUT2D eigenvalue weighted by Gasteiger charge is 2.25. The Kier molecular flexibility index (Phi) is 10.6. The molecule has 2 N–H and O–H groups in total. The molecule has 9 heteroatoms. The summed E-state index contributed by atoms with van der Waals surface area (Å²) in [6, 6.07) is 4.57. The third-order valence-electron chi connectivity index (χ3n) is 5.53. The molecule has 0 saturated carbocycles. The van der Waals surface area contributed by atoms with Gasteiger partial charge in [-0.1, -0.05) is 13.8 Å². The fraction of sp³-hybridized carbons (Fsp3) is 0.667. The minimum absolute atomic E-state index is 0. The number of halogens is 1. The van der Waals surface area contributed by atoms with Crippen molar-refractivity contribution in [3.05, 3.63) is 36.3 Å². The second kappa shape index (κ2) is 12.9. The number of hydrogen-bond acceptors (Lipinski definition) is 5. The third-order valence-corrected chi connectivity index (χ3v) is 5.53. The molecule has 0 bridgehead atoms. The average molecular weight is 529 g/mol. The van der Waals surface area contributed by atoms with Gasteiger partial charge in [-0.05, 0) is 51.4 Å². The lowest BCUT2D eigenvalue weighted by Gasteiger charge is -2.25. The molecule has 1 saturated heterocycles. The number of aromatic nitrogens is 3. The summed E-state index contributed by atoms with van der Waals surface area (Å²) in [4.78, 5) is 7.41. The van der Waals surface area contributed by atoms with E-state index in [4.69, 9.17) is 9.41 Å². The maximum atomic E-state index is 5.73. The highest BCUT2D eigenvalue weighted by atomic mass is 127. The fourth-order valence-corrected chi connectivity index (χ4v) is 3.62. The van der Waals surface area contributed by atoms with Crippen LogP contribution in [0.4, 0.5) is 0 Å². The second-order valence-corrected chi connectivity index (χ2v) is 7.64. The third kappa shape index (κ3) is 6.97. The number of nitrogens with zero attached hydrogens (tertiary/aromatic N) is 5. The van der Waals surface area contributed by atoms with E-state index in [-0.39, 0.29) is 30.0 Å². The van der Waals surface area contributed by atoms with Crippen LogP contribution >= 0.6 is 24.0 Å². The number of guanidine groups is 1. The van der Waals surface area contributed by atoms with Crippen molar-refractivity contribution < 1.29 is 4.42 Å². The molecular weight excluding hydrogens is 493 g/mol. The number of aliphatic imine (C=N–C) groups is 1. The molecule has 2 unspecified atom stereocenters. The van der Waals surface area contributed by atoms with Gasteiger partial charge in [0.25, 0.3) is 0 Å². The summed E-state index contributed by atoms with van der Waals surface area (Å²) in [5.74, 6) is 2.85. The van der Waals surface area contributed by atoms with Crippen molar-refractivity contribution in [1.29, 1.82) is 0 Å². The van der Waals surface area contributed by atoms with Gasteiger partial charge in [0.1, 0.15) is 17.9 Å². The maximum absolute atomic E-state index is 5.73. The molecule has 8 nitrogen and oxygen atoms in total. The summed E-state index contributed by atoms with van der Waals surface area (Å²) in [6.45, 7) is 10.9. The number of furan rings is 1. The number of nitrogens with one attached hydrogen (secondary N) is 2. The van der Waals surface area contributed by atoms with Crippen molar-refractivity contribution in [2.45, 2.75) is 65.1 Å². The van der Waals surface area contributed by atoms with Crippen LogP contribution in [0.3, 0.4) is 0 Å². The normalized spacial score (nSPS) is 16.8. The molecule has 30 heavy (non-hydrogen) atoms. The van der Waals surface area contributed by atoms with E-state index in [0.29, 0.717) is 12.6 Å².